The summed E-state index contributed by atoms with van der Waals surface area (Å²) in [5.74, 6) is -0.682. The molecule has 1 aromatic rings. The Morgan fingerprint density at radius 1 is 1.27 bits per heavy atom. The van der Waals surface area contributed by atoms with Crippen LogP contribution in [-0.4, -0.2) is 38.4 Å². The van der Waals surface area contributed by atoms with Gasteiger partial charge >= 0.3 is 0 Å². The SMILES string of the molecule is Cc1cc(S(=O)(=O)N[C@@H](C)C(=O)N2CCCCC2)ccc1F. The number of likely N-dealkylation sites (tertiary alicyclic amines) is 1. The van der Waals surface area contributed by atoms with Gasteiger partial charge in [-0.1, -0.05) is 0 Å². The lowest BCUT2D eigenvalue weighted by Crippen LogP contribution is -2.48. The number of nitrogens with zero attached hydrogens (tertiary/aromatic N) is 1. The minimum Gasteiger partial charge on any atom is -0.341 e. The fraction of sp³-hybridized carbons (Fsp3) is 0.533. The van der Waals surface area contributed by atoms with Crippen molar-refractivity contribution in [1.82, 2.24) is 9.62 Å². The first kappa shape index (κ1) is 16.9. The Morgan fingerprint density at radius 3 is 2.50 bits per heavy atom. The zero-order valence-corrected chi connectivity index (χ0v) is 13.6. The molecule has 0 aromatic heterocycles. The van der Waals surface area contributed by atoms with Crippen LogP contribution in [0.15, 0.2) is 23.1 Å². The summed E-state index contributed by atoms with van der Waals surface area (Å²) in [4.78, 5) is 13.9. The molecule has 22 heavy (non-hydrogen) atoms. The number of aryl methyl sites for hydroxylation is 1. The van der Waals surface area contributed by atoms with E-state index in [9.17, 15) is 17.6 Å². The van der Waals surface area contributed by atoms with E-state index in [0.29, 0.717) is 13.1 Å². The highest BCUT2D eigenvalue weighted by Gasteiger charge is 2.26. The molecule has 1 amide bonds. The number of nitrogens with one attached hydrogen (secondary N) is 1. The lowest BCUT2D eigenvalue weighted by atomic mass is 10.1. The van der Waals surface area contributed by atoms with E-state index in [-0.39, 0.29) is 16.4 Å². The molecule has 1 aliphatic rings. The van der Waals surface area contributed by atoms with Crippen molar-refractivity contribution in [2.75, 3.05) is 13.1 Å². The van der Waals surface area contributed by atoms with Crippen LogP contribution in [0.2, 0.25) is 0 Å². The summed E-state index contributed by atoms with van der Waals surface area (Å²) >= 11 is 0. The molecule has 0 unspecified atom stereocenters. The second-order valence-electron chi connectivity index (χ2n) is 5.64. The normalized spacial score (nSPS) is 17.3. The third kappa shape index (κ3) is 3.84. The van der Waals surface area contributed by atoms with Crippen LogP contribution in [0, 0.1) is 12.7 Å². The monoisotopic (exact) mass is 328 g/mol. The molecule has 7 heteroatoms. The van der Waals surface area contributed by atoms with Gasteiger partial charge in [-0.05, 0) is 56.9 Å². The van der Waals surface area contributed by atoms with E-state index in [4.69, 9.17) is 0 Å². The molecule has 2 rings (SSSR count). The van der Waals surface area contributed by atoms with Crippen molar-refractivity contribution in [2.45, 2.75) is 44.0 Å². The van der Waals surface area contributed by atoms with E-state index in [0.717, 1.165) is 25.3 Å². The van der Waals surface area contributed by atoms with Gasteiger partial charge in [0.05, 0.1) is 10.9 Å². The molecule has 1 saturated heterocycles. The molecular weight excluding hydrogens is 307 g/mol. The number of carbonyl (C=O) groups is 1. The van der Waals surface area contributed by atoms with Crippen molar-refractivity contribution >= 4 is 15.9 Å². The molecular formula is C15H21FN2O3S. The number of benzene rings is 1. The number of amides is 1. The summed E-state index contributed by atoms with van der Waals surface area (Å²) in [7, 11) is -3.85. The smallest absolute Gasteiger partial charge is 0.241 e. The number of halogens is 1. The predicted octanol–water partition coefficient (Wildman–Crippen LogP) is 1.81. The van der Waals surface area contributed by atoms with Gasteiger partial charge < -0.3 is 4.90 Å². The van der Waals surface area contributed by atoms with Crippen LogP contribution in [0.25, 0.3) is 0 Å². The first-order valence-electron chi connectivity index (χ1n) is 7.38. The maximum absolute atomic E-state index is 13.2. The zero-order chi connectivity index (χ0) is 16.3. The average Bonchev–Trinajstić information content (AvgIpc) is 2.49. The van der Waals surface area contributed by atoms with E-state index in [2.05, 4.69) is 4.72 Å². The number of piperidine rings is 1. The lowest BCUT2D eigenvalue weighted by Gasteiger charge is -2.29. The van der Waals surface area contributed by atoms with Crippen molar-refractivity contribution in [3.05, 3.63) is 29.6 Å². The standard InChI is InChI=1S/C15H21FN2O3S/c1-11-10-13(6-7-14(11)16)22(20,21)17-12(2)15(19)18-8-4-3-5-9-18/h6-7,10,12,17H,3-5,8-9H2,1-2H3/t12-/m0/s1. The molecule has 1 N–H and O–H groups in total. The number of hydrogen-bond acceptors (Lipinski definition) is 3. The fourth-order valence-electron chi connectivity index (χ4n) is 2.52. The van der Waals surface area contributed by atoms with E-state index in [1.807, 2.05) is 0 Å². The predicted molar refractivity (Wildman–Crippen MR) is 81.4 cm³/mol. The van der Waals surface area contributed by atoms with Crippen molar-refractivity contribution < 1.29 is 17.6 Å². The van der Waals surface area contributed by atoms with Crippen molar-refractivity contribution in [3.8, 4) is 0 Å². The van der Waals surface area contributed by atoms with Gasteiger partial charge in [0.1, 0.15) is 5.82 Å². The lowest BCUT2D eigenvalue weighted by molar-refractivity contribution is -0.133. The topological polar surface area (TPSA) is 66.5 Å². The highest BCUT2D eigenvalue weighted by molar-refractivity contribution is 7.89. The van der Waals surface area contributed by atoms with Crippen LogP contribution >= 0.6 is 0 Å². The first-order chi connectivity index (χ1) is 10.3. The minimum atomic E-state index is -3.85. The van der Waals surface area contributed by atoms with Crippen molar-refractivity contribution in [3.63, 3.8) is 0 Å². The Morgan fingerprint density at radius 2 is 1.91 bits per heavy atom. The maximum Gasteiger partial charge on any atom is 0.241 e. The third-order valence-electron chi connectivity index (χ3n) is 3.81. The summed E-state index contributed by atoms with van der Waals surface area (Å²) in [6.45, 7) is 4.36. The van der Waals surface area contributed by atoms with Crippen LogP contribution < -0.4 is 4.72 Å². The molecule has 1 atom stereocenters. The van der Waals surface area contributed by atoms with Crippen molar-refractivity contribution in [2.24, 2.45) is 0 Å². The highest BCUT2D eigenvalue weighted by atomic mass is 32.2. The number of carbonyl (C=O) groups excluding carboxylic acids is 1. The van der Waals surface area contributed by atoms with Crippen LogP contribution in [0.4, 0.5) is 4.39 Å². The van der Waals surface area contributed by atoms with Crippen molar-refractivity contribution in [1.29, 1.82) is 0 Å². The molecule has 5 nitrogen and oxygen atoms in total. The Bertz CT molecular complexity index is 655. The summed E-state index contributed by atoms with van der Waals surface area (Å²) in [5, 5.41) is 0. The Kier molecular flexibility index (Phi) is 5.18. The van der Waals surface area contributed by atoms with Gasteiger partial charge in [0.15, 0.2) is 0 Å². The molecule has 0 bridgehead atoms. The van der Waals surface area contributed by atoms with Gasteiger partial charge in [0.2, 0.25) is 15.9 Å². The zero-order valence-electron chi connectivity index (χ0n) is 12.8. The van der Waals surface area contributed by atoms with Gasteiger partial charge in [-0.2, -0.15) is 4.72 Å². The second kappa shape index (κ2) is 6.75. The summed E-state index contributed by atoms with van der Waals surface area (Å²) in [6, 6.07) is 2.73. The first-order valence-corrected chi connectivity index (χ1v) is 8.87. The van der Waals surface area contributed by atoms with Gasteiger partial charge in [-0.15, -0.1) is 0 Å². The largest absolute Gasteiger partial charge is 0.341 e. The van der Waals surface area contributed by atoms with Crippen LogP contribution in [0.5, 0.6) is 0 Å². The third-order valence-corrected chi connectivity index (χ3v) is 5.35. The summed E-state index contributed by atoms with van der Waals surface area (Å²) < 4.78 is 40.2. The van der Waals surface area contributed by atoms with E-state index in [1.54, 1.807) is 4.90 Å². The molecule has 1 fully saturated rings. The van der Waals surface area contributed by atoms with Gasteiger partial charge in [0, 0.05) is 13.1 Å². The molecule has 0 aliphatic carbocycles. The summed E-state index contributed by atoms with van der Waals surface area (Å²) in [5.41, 5.74) is 0.248. The van der Waals surface area contributed by atoms with E-state index < -0.39 is 21.9 Å². The molecule has 1 aliphatic heterocycles. The molecule has 0 saturated carbocycles. The van der Waals surface area contributed by atoms with Gasteiger partial charge in [-0.25, -0.2) is 12.8 Å². The Hall–Kier alpha value is -1.47. The second-order valence-corrected chi connectivity index (χ2v) is 7.35. The minimum absolute atomic E-state index is 0.0373. The average molecular weight is 328 g/mol. The molecule has 122 valence electrons. The molecule has 0 radical (unpaired) electrons. The van der Waals surface area contributed by atoms with Crippen LogP contribution in [-0.2, 0) is 14.8 Å². The molecule has 0 spiro atoms. The van der Waals surface area contributed by atoms with E-state index in [1.165, 1.54) is 26.0 Å². The Labute approximate surface area is 130 Å². The molecule has 1 aromatic carbocycles. The summed E-state index contributed by atoms with van der Waals surface area (Å²) in [6.07, 6.45) is 2.99. The highest BCUT2D eigenvalue weighted by Crippen LogP contribution is 2.15. The van der Waals surface area contributed by atoms with Crippen LogP contribution in [0.1, 0.15) is 31.7 Å². The molecule has 1 heterocycles. The fourth-order valence-corrected chi connectivity index (χ4v) is 3.81. The van der Waals surface area contributed by atoms with Gasteiger partial charge in [-0.3, -0.25) is 4.79 Å². The Balaban J connectivity index is 2.10. The maximum atomic E-state index is 13.2. The quantitative estimate of drug-likeness (QED) is 0.917. The van der Waals surface area contributed by atoms with Gasteiger partial charge in [0.25, 0.3) is 0 Å². The van der Waals surface area contributed by atoms with Crippen LogP contribution in [0.3, 0.4) is 0 Å². The number of hydrogen-bond donors (Lipinski definition) is 1. The number of rotatable bonds is 4. The van der Waals surface area contributed by atoms with E-state index >= 15 is 0 Å². The number of sulfonamides is 1.